The number of rotatable bonds is 5. The maximum atomic E-state index is 12.7. The van der Waals surface area contributed by atoms with Gasteiger partial charge in [0.05, 0.1) is 5.69 Å². The fraction of sp³-hybridized carbons (Fsp3) is 0.231. The number of benzene rings is 1. The van der Waals surface area contributed by atoms with E-state index in [0.29, 0.717) is 21.6 Å². The Bertz CT molecular complexity index is 758. The summed E-state index contributed by atoms with van der Waals surface area (Å²) in [5.41, 5.74) is 1.27. The molecule has 0 atom stereocenters. The van der Waals surface area contributed by atoms with E-state index in [4.69, 9.17) is 0 Å². The van der Waals surface area contributed by atoms with Gasteiger partial charge in [0, 0.05) is 20.4 Å². The number of aryl methyl sites for hydroxylation is 1. The molecule has 0 aliphatic carbocycles. The molecule has 0 aliphatic heterocycles. The Morgan fingerprint density at radius 1 is 1.29 bits per heavy atom. The lowest BCUT2D eigenvalue weighted by Gasteiger charge is -2.12. The van der Waals surface area contributed by atoms with Crippen molar-refractivity contribution in [3.8, 4) is 0 Å². The molecule has 4 nitrogen and oxygen atoms in total. The van der Waals surface area contributed by atoms with Crippen molar-refractivity contribution < 1.29 is 8.42 Å². The molecule has 0 bridgehead atoms. The molecule has 0 spiro atoms. The predicted octanol–water partition coefficient (Wildman–Crippen LogP) is 4.10. The zero-order valence-electron chi connectivity index (χ0n) is 11.4. The van der Waals surface area contributed by atoms with Crippen molar-refractivity contribution >= 4 is 58.9 Å². The normalized spacial score (nSPS) is 11.6. The van der Waals surface area contributed by atoms with Crippen LogP contribution in [0.25, 0.3) is 0 Å². The highest BCUT2D eigenvalue weighted by Gasteiger charge is 2.23. The van der Waals surface area contributed by atoms with Gasteiger partial charge in [-0.2, -0.15) is 0 Å². The zero-order chi connectivity index (χ0) is 15.6. The SMILES string of the molecule is CNCc1scc(C)c1S(=O)(=O)Nc1ccc(Br)cc1Br. The molecule has 1 heterocycles. The van der Waals surface area contributed by atoms with E-state index in [0.717, 1.165) is 14.9 Å². The first-order valence-electron chi connectivity index (χ1n) is 6.04. The maximum absolute atomic E-state index is 12.7. The third kappa shape index (κ3) is 3.87. The molecule has 8 heteroatoms. The second-order valence-electron chi connectivity index (χ2n) is 4.43. The molecular weight excluding hydrogens is 440 g/mol. The molecule has 114 valence electrons. The van der Waals surface area contributed by atoms with Crippen LogP contribution in [0.15, 0.2) is 37.4 Å². The quantitative estimate of drug-likeness (QED) is 0.716. The van der Waals surface area contributed by atoms with Gasteiger partial charge in [-0.3, -0.25) is 4.72 Å². The molecule has 0 aliphatic rings. The molecule has 0 amide bonds. The van der Waals surface area contributed by atoms with Crippen LogP contribution < -0.4 is 10.0 Å². The fourth-order valence-electron chi connectivity index (χ4n) is 1.90. The van der Waals surface area contributed by atoms with Crippen LogP contribution in [0.5, 0.6) is 0 Å². The van der Waals surface area contributed by atoms with Crippen molar-refractivity contribution in [1.29, 1.82) is 0 Å². The summed E-state index contributed by atoms with van der Waals surface area (Å²) in [5, 5.41) is 4.85. The van der Waals surface area contributed by atoms with E-state index in [9.17, 15) is 8.42 Å². The largest absolute Gasteiger partial charge is 0.315 e. The number of hydrogen-bond acceptors (Lipinski definition) is 4. The van der Waals surface area contributed by atoms with Crippen molar-refractivity contribution in [3.05, 3.63) is 43.0 Å². The van der Waals surface area contributed by atoms with E-state index < -0.39 is 10.0 Å². The zero-order valence-corrected chi connectivity index (χ0v) is 16.2. The Kier molecular flexibility index (Phi) is 5.48. The number of hydrogen-bond donors (Lipinski definition) is 2. The Hall–Kier alpha value is -0.410. The van der Waals surface area contributed by atoms with E-state index >= 15 is 0 Å². The monoisotopic (exact) mass is 452 g/mol. The van der Waals surface area contributed by atoms with Gasteiger partial charge in [-0.25, -0.2) is 8.42 Å². The summed E-state index contributed by atoms with van der Waals surface area (Å²) >= 11 is 8.15. The minimum atomic E-state index is -3.61. The summed E-state index contributed by atoms with van der Waals surface area (Å²) in [5.74, 6) is 0. The average molecular weight is 454 g/mol. The van der Waals surface area contributed by atoms with Crippen LogP contribution in [0, 0.1) is 6.92 Å². The minimum Gasteiger partial charge on any atom is -0.315 e. The van der Waals surface area contributed by atoms with Gasteiger partial charge in [0.25, 0.3) is 10.0 Å². The molecule has 2 N–H and O–H groups in total. The molecule has 0 saturated carbocycles. The average Bonchev–Trinajstić information content (AvgIpc) is 2.75. The van der Waals surface area contributed by atoms with Crippen molar-refractivity contribution in [1.82, 2.24) is 5.32 Å². The number of halogens is 2. The van der Waals surface area contributed by atoms with Crippen LogP contribution in [0.3, 0.4) is 0 Å². The molecule has 1 aromatic carbocycles. The van der Waals surface area contributed by atoms with Gasteiger partial charge in [0.1, 0.15) is 4.90 Å². The lowest BCUT2D eigenvalue weighted by Crippen LogP contribution is -2.17. The molecule has 1 aromatic heterocycles. The van der Waals surface area contributed by atoms with Crippen LogP contribution in [0.4, 0.5) is 5.69 Å². The molecular formula is C13H14Br2N2O2S2. The summed E-state index contributed by atoms with van der Waals surface area (Å²) in [6, 6.07) is 5.30. The highest BCUT2D eigenvalue weighted by molar-refractivity contribution is 9.11. The summed E-state index contributed by atoms with van der Waals surface area (Å²) < 4.78 is 29.5. The number of thiophene rings is 1. The van der Waals surface area contributed by atoms with Crippen molar-refractivity contribution in [3.63, 3.8) is 0 Å². The Labute approximate surface area is 145 Å². The van der Waals surface area contributed by atoms with Gasteiger partial charge < -0.3 is 5.32 Å². The van der Waals surface area contributed by atoms with E-state index in [-0.39, 0.29) is 0 Å². The first-order chi connectivity index (χ1) is 9.85. The van der Waals surface area contributed by atoms with Gasteiger partial charge in [0.2, 0.25) is 0 Å². The number of anilines is 1. The second kappa shape index (κ2) is 6.78. The maximum Gasteiger partial charge on any atom is 0.263 e. The smallest absolute Gasteiger partial charge is 0.263 e. The number of sulfonamides is 1. The Morgan fingerprint density at radius 2 is 2.00 bits per heavy atom. The van der Waals surface area contributed by atoms with Gasteiger partial charge >= 0.3 is 0 Å². The lowest BCUT2D eigenvalue weighted by molar-refractivity contribution is 0.599. The molecule has 0 unspecified atom stereocenters. The van der Waals surface area contributed by atoms with Crippen LogP contribution >= 0.6 is 43.2 Å². The summed E-state index contributed by atoms with van der Waals surface area (Å²) in [6.07, 6.45) is 0. The molecule has 0 saturated heterocycles. The predicted molar refractivity (Wildman–Crippen MR) is 94.5 cm³/mol. The number of nitrogens with one attached hydrogen (secondary N) is 2. The van der Waals surface area contributed by atoms with E-state index in [2.05, 4.69) is 41.9 Å². The van der Waals surface area contributed by atoms with Crippen LogP contribution in [0.2, 0.25) is 0 Å². The van der Waals surface area contributed by atoms with Crippen molar-refractivity contribution in [2.24, 2.45) is 0 Å². The molecule has 2 aromatic rings. The first-order valence-corrected chi connectivity index (χ1v) is 9.99. The Balaban J connectivity index is 2.41. The summed E-state index contributed by atoms with van der Waals surface area (Å²) in [7, 11) is -1.82. The van der Waals surface area contributed by atoms with Gasteiger partial charge in [-0.05, 0) is 59.0 Å². The van der Waals surface area contributed by atoms with E-state index in [1.807, 2.05) is 5.38 Å². The summed E-state index contributed by atoms with van der Waals surface area (Å²) in [6.45, 7) is 2.33. The molecule has 21 heavy (non-hydrogen) atoms. The van der Waals surface area contributed by atoms with Crippen LogP contribution in [-0.4, -0.2) is 15.5 Å². The highest BCUT2D eigenvalue weighted by atomic mass is 79.9. The fourth-order valence-corrected chi connectivity index (χ4v) is 6.08. The van der Waals surface area contributed by atoms with Crippen LogP contribution in [-0.2, 0) is 16.6 Å². The lowest BCUT2D eigenvalue weighted by atomic mass is 10.3. The van der Waals surface area contributed by atoms with Gasteiger partial charge in [-0.15, -0.1) is 11.3 Å². The molecule has 0 fully saturated rings. The Morgan fingerprint density at radius 3 is 2.62 bits per heavy atom. The van der Waals surface area contributed by atoms with Crippen LogP contribution in [0.1, 0.15) is 10.4 Å². The third-order valence-corrected chi connectivity index (χ3v) is 6.75. The molecule has 2 rings (SSSR count). The standard InChI is InChI=1S/C13H14Br2N2O2S2/c1-8-7-20-12(6-16-2)13(8)21(18,19)17-11-4-3-9(14)5-10(11)15/h3-5,7,16-17H,6H2,1-2H3. The van der Waals surface area contributed by atoms with Crippen molar-refractivity contribution in [2.75, 3.05) is 11.8 Å². The minimum absolute atomic E-state index is 0.358. The third-order valence-electron chi connectivity index (χ3n) is 2.77. The van der Waals surface area contributed by atoms with E-state index in [1.165, 1.54) is 11.3 Å². The summed E-state index contributed by atoms with van der Waals surface area (Å²) in [4.78, 5) is 1.16. The highest BCUT2D eigenvalue weighted by Crippen LogP contribution is 2.32. The first kappa shape index (κ1) is 17.0. The van der Waals surface area contributed by atoms with E-state index in [1.54, 1.807) is 32.2 Å². The molecule has 0 radical (unpaired) electrons. The second-order valence-corrected chi connectivity index (χ2v) is 8.78. The van der Waals surface area contributed by atoms with Crippen molar-refractivity contribution in [2.45, 2.75) is 18.4 Å². The van der Waals surface area contributed by atoms with Gasteiger partial charge in [-0.1, -0.05) is 15.9 Å². The van der Waals surface area contributed by atoms with Gasteiger partial charge in [0.15, 0.2) is 0 Å². The topological polar surface area (TPSA) is 58.2 Å².